The number of hydrogen-bond donors (Lipinski definition) is 3. The van der Waals surface area contributed by atoms with Gasteiger partial charge in [0.25, 0.3) is 0 Å². The Bertz CT molecular complexity index is 599. The van der Waals surface area contributed by atoms with Crippen LogP contribution in [0.3, 0.4) is 0 Å². The molecule has 1 fully saturated rings. The van der Waals surface area contributed by atoms with E-state index in [-0.39, 0.29) is 42.6 Å². The van der Waals surface area contributed by atoms with E-state index in [4.69, 9.17) is 22.1 Å². The van der Waals surface area contributed by atoms with Crippen molar-refractivity contribution >= 4 is 41.5 Å². The summed E-state index contributed by atoms with van der Waals surface area (Å²) in [6.45, 7) is 0.291. The molecule has 6 nitrogen and oxygen atoms in total. The molecule has 2 rings (SSSR count). The first kappa shape index (κ1) is 21.5. The Morgan fingerprint density at radius 2 is 2.12 bits per heavy atom. The van der Waals surface area contributed by atoms with E-state index in [0.717, 1.165) is 25.7 Å². The van der Waals surface area contributed by atoms with Crippen LogP contribution < -0.4 is 21.1 Å². The standard InChI is InChI=1S/C17H24ClN3O3.ClH/c1-24-15-6-5-12(18)10-14(15)21-16(22)7-8-20-17(23)11-3-2-4-13(19)9-11;/h5-6,10-11,13H,2-4,7-9,19H2,1H3,(H,20,23)(H,21,22);1H. The molecule has 1 saturated carbocycles. The fourth-order valence-corrected chi connectivity index (χ4v) is 3.07. The van der Waals surface area contributed by atoms with Crippen LogP contribution in [0, 0.1) is 5.92 Å². The van der Waals surface area contributed by atoms with Crippen molar-refractivity contribution in [2.24, 2.45) is 11.7 Å². The van der Waals surface area contributed by atoms with Crippen LogP contribution in [0.25, 0.3) is 0 Å². The van der Waals surface area contributed by atoms with Gasteiger partial charge < -0.3 is 21.1 Å². The van der Waals surface area contributed by atoms with E-state index in [0.29, 0.717) is 23.0 Å². The topological polar surface area (TPSA) is 93.5 Å². The highest BCUT2D eigenvalue weighted by atomic mass is 35.5. The van der Waals surface area contributed by atoms with Crippen molar-refractivity contribution < 1.29 is 14.3 Å². The molecule has 1 aliphatic carbocycles. The number of nitrogens with one attached hydrogen (secondary N) is 2. The lowest BCUT2D eigenvalue weighted by atomic mass is 9.85. The normalized spacial score (nSPS) is 19.5. The monoisotopic (exact) mass is 389 g/mol. The molecule has 1 aromatic rings. The van der Waals surface area contributed by atoms with Gasteiger partial charge >= 0.3 is 0 Å². The zero-order valence-corrected chi connectivity index (χ0v) is 15.8. The molecule has 0 aliphatic heterocycles. The summed E-state index contributed by atoms with van der Waals surface area (Å²) in [6, 6.07) is 5.10. The van der Waals surface area contributed by atoms with E-state index >= 15 is 0 Å². The van der Waals surface area contributed by atoms with Crippen LogP contribution in [-0.2, 0) is 9.59 Å². The number of hydrogen-bond acceptors (Lipinski definition) is 4. The van der Waals surface area contributed by atoms with Gasteiger partial charge in [-0.15, -0.1) is 12.4 Å². The number of carbonyl (C=O) groups is 2. The minimum atomic E-state index is -0.212. The Kier molecular flexibility index (Phi) is 9.03. The van der Waals surface area contributed by atoms with Gasteiger partial charge in [-0.3, -0.25) is 9.59 Å². The molecule has 0 spiro atoms. The molecule has 2 atom stereocenters. The number of methoxy groups -OCH3 is 1. The molecule has 1 aromatic carbocycles. The predicted molar refractivity (Wildman–Crippen MR) is 101 cm³/mol. The Hall–Kier alpha value is -1.50. The van der Waals surface area contributed by atoms with E-state index in [1.165, 1.54) is 7.11 Å². The molecule has 0 bridgehead atoms. The first-order chi connectivity index (χ1) is 11.5. The SMILES string of the molecule is COc1ccc(Cl)cc1NC(=O)CCNC(=O)C1CCCC(N)C1.Cl. The summed E-state index contributed by atoms with van der Waals surface area (Å²) in [7, 11) is 1.52. The number of halogens is 2. The van der Waals surface area contributed by atoms with E-state index in [1.54, 1.807) is 18.2 Å². The van der Waals surface area contributed by atoms with Gasteiger partial charge in [-0.1, -0.05) is 18.0 Å². The summed E-state index contributed by atoms with van der Waals surface area (Å²) in [5.41, 5.74) is 6.41. The maximum Gasteiger partial charge on any atom is 0.226 e. The van der Waals surface area contributed by atoms with Crippen LogP contribution in [0.15, 0.2) is 18.2 Å². The summed E-state index contributed by atoms with van der Waals surface area (Å²) in [5, 5.41) is 6.07. The minimum Gasteiger partial charge on any atom is -0.495 e. The highest BCUT2D eigenvalue weighted by molar-refractivity contribution is 6.31. The second-order valence-corrected chi connectivity index (χ2v) is 6.49. The van der Waals surface area contributed by atoms with Gasteiger partial charge in [0, 0.05) is 29.9 Å². The molecule has 25 heavy (non-hydrogen) atoms. The Balaban J connectivity index is 0.00000312. The van der Waals surface area contributed by atoms with Gasteiger partial charge in [-0.25, -0.2) is 0 Å². The van der Waals surface area contributed by atoms with Crippen molar-refractivity contribution in [3.63, 3.8) is 0 Å². The van der Waals surface area contributed by atoms with Crippen molar-refractivity contribution in [3.8, 4) is 5.75 Å². The fraction of sp³-hybridized carbons (Fsp3) is 0.529. The quantitative estimate of drug-likeness (QED) is 0.696. The minimum absolute atomic E-state index is 0. The third-order valence-corrected chi connectivity index (χ3v) is 4.41. The van der Waals surface area contributed by atoms with E-state index in [1.807, 2.05) is 0 Å². The molecule has 0 heterocycles. The average Bonchev–Trinajstić information content (AvgIpc) is 2.55. The van der Waals surface area contributed by atoms with Gasteiger partial charge in [0.1, 0.15) is 5.75 Å². The smallest absolute Gasteiger partial charge is 0.226 e. The van der Waals surface area contributed by atoms with Crippen molar-refractivity contribution in [3.05, 3.63) is 23.2 Å². The number of benzene rings is 1. The zero-order valence-electron chi connectivity index (χ0n) is 14.2. The number of rotatable bonds is 6. The maximum atomic E-state index is 12.1. The van der Waals surface area contributed by atoms with E-state index < -0.39 is 0 Å². The highest BCUT2D eigenvalue weighted by Gasteiger charge is 2.25. The zero-order chi connectivity index (χ0) is 17.5. The summed E-state index contributed by atoms with van der Waals surface area (Å²) >= 11 is 5.93. The van der Waals surface area contributed by atoms with Gasteiger partial charge in [0.05, 0.1) is 12.8 Å². The molecular formula is C17H25Cl2N3O3. The number of anilines is 1. The molecular weight excluding hydrogens is 365 g/mol. The summed E-state index contributed by atoms with van der Waals surface area (Å²) in [4.78, 5) is 24.1. The first-order valence-corrected chi connectivity index (χ1v) is 8.54. The Labute approximate surface area is 159 Å². The lowest BCUT2D eigenvalue weighted by Crippen LogP contribution is -2.38. The predicted octanol–water partition coefficient (Wildman–Crippen LogP) is 2.73. The number of ether oxygens (including phenoxy) is 1. The van der Waals surface area contributed by atoms with E-state index in [2.05, 4.69) is 10.6 Å². The molecule has 4 N–H and O–H groups in total. The molecule has 8 heteroatoms. The lowest BCUT2D eigenvalue weighted by Gasteiger charge is -2.25. The van der Waals surface area contributed by atoms with Crippen LogP contribution in [0.2, 0.25) is 5.02 Å². The Morgan fingerprint density at radius 1 is 1.36 bits per heavy atom. The molecule has 2 amide bonds. The van der Waals surface area contributed by atoms with Crippen LogP contribution in [0.1, 0.15) is 32.1 Å². The molecule has 2 unspecified atom stereocenters. The molecule has 0 saturated heterocycles. The van der Waals surface area contributed by atoms with Gasteiger partial charge in [0.15, 0.2) is 0 Å². The largest absolute Gasteiger partial charge is 0.495 e. The third-order valence-electron chi connectivity index (χ3n) is 4.17. The molecule has 0 radical (unpaired) electrons. The summed E-state index contributed by atoms with van der Waals surface area (Å²) < 4.78 is 5.18. The first-order valence-electron chi connectivity index (χ1n) is 8.16. The lowest BCUT2D eigenvalue weighted by molar-refractivity contribution is -0.126. The number of carbonyl (C=O) groups excluding carboxylic acids is 2. The van der Waals surface area contributed by atoms with Crippen molar-refractivity contribution in [2.45, 2.75) is 38.1 Å². The van der Waals surface area contributed by atoms with Crippen LogP contribution in [0.4, 0.5) is 5.69 Å². The molecule has 0 aromatic heterocycles. The maximum absolute atomic E-state index is 12.1. The average molecular weight is 390 g/mol. The van der Waals surface area contributed by atoms with Crippen LogP contribution in [0.5, 0.6) is 5.75 Å². The second-order valence-electron chi connectivity index (χ2n) is 6.06. The summed E-state index contributed by atoms with van der Waals surface area (Å²) in [5.74, 6) is 0.271. The number of amides is 2. The van der Waals surface area contributed by atoms with Gasteiger partial charge in [-0.05, 0) is 37.5 Å². The van der Waals surface area contributed by atoms with Crippen molar-refractivity contribution in [2.75, 3.05) is 19.0 Å². The fourth-order valence-electron chi connectivity index (χ4n) is 2.90. The second kappa shape index (κ2) is 10.5. The van der Waals surface area contributed by atoms with Crippen molar-refractivity contribution in [1.29, 1.82) is 0 Å². The van der Waals surface area contributed by atoms with Gasteiger partial charge in [0.2, 0.25) is 11.8 Å². The van der Waals surface area contributed by atoms with Crippen molar-refractivity contribution in [1.82, 2.24) is 5.32 Å². The van der Waals surface area contributed by atoms with Crippen LogP contribution in [-0.4, -0.2) is 31.5 Å². The summed E-state index contributed by atoms with van der Waals surface area (Å²) in [6.07, 6.45) is 3.73. The third kappa shape index (κ3) is 6.72. The van der Waals surface area contributed by atoms with Crippen LogP contribution >= 0.6 is 24.0 Å². The van der Waals surface area contributed by atoms with Gasteiger partial charge in [-0.2, -0.15) is 0 Å². The van der Waals surface area contributed by atoms with E-state index in [9.17, 15) is 9.59 Å². The molecule has 1 aliphatic rings. The Morgan fingerprint density at radius 3 is 2.80 bits per heavy atom. The molecule has 140 valence electrons. The highest BCUT2D eigenvalue weighted by Crippen LogP contribution is 2.27. The number of nitrogens with two attached hydrogens (primary N) is 1.